The molecule has 1 aliphatic rings. The SMILES string of the molecule is CC(C)(O)C(=O)N1CC[C@@H](Oc2ccc(NC(=O)NCc3ccn4ccnc4c3)cc2)C1. The number of nitrogens with zero attached hydrogens (tertiary/aromatic N) is 3. The summed E-state index contributed by atoms with van der Waals surface area (Å²) in [5.41, 5.74) is 1.05. The van der Waals surface area contributed by atoms with Gasteiger partial charge in [-0.25, -0.2) is 9.78 Å². The Labute approximate surface area is 186 Å². The maximum absolute atomic E-state index is 12.2. The molecule has 0 saturated carbocycles. The molecule has 168 valence electrons. The second-order valence-corrected chi connectivity index (χ2v) is 8.40. The number of pyridine rings is 1. The fourth-order valence-electron chi connectivity index (χ4n) is 3.63. The van der Waals surface area contributed by atoms with Crippen LogP contribution in [0.1, 0.15) is 25.8 Å². The molecular weight excluding hydrogens is 410 g/mol. The molecule has 3 N–H and O–H groups in total. The van der Waals surface area contributed by atoms with E-state index in [-0.39, 0.29) is 18.0 Å². The number of benzene rings is 1. The van der Waals surface area contributed by atoms with E-state index in [2.05, 4.69) is 15.6 Å². The number of likely N-dealkylation sites (tertiary alicyclic amines) is 1. The number of urea groups is 1. The van der Waals surface area contributed by atoms with Crippen molar-refractivity contribution in [3.8, 4) is 5.75 Å². The molecule has 0 aliphatic carbocycles. The highest BCUT2D eigenvalue weighted by Gasteiger charge is 2.35. The lowest BCUT2D eigenvalue weighted by Crippen LogP contribution is -2.44. The van der Waals surface area contributed by atoms with Gasteiger partial charge < -0.3 is 29.8 Å². The molecule has 3 heterocycles. The number of hydrogen-bond acceptors (Lipinski definition) is 5. The number of amides is 3. The van der Waals surface area contributed by atoms with Gasteiger partial charge in [0.2, 0.25) is 0 Å². The van der Waals surface area contributed by atoms with Gasteiger partial charge in [0, 0.05) is 43.8 Å². The van der Waals surface area contributed by atoms with Crippen molar-refractivity contribution in [3.63, 3.8) is 0 Å². The summed E-state index contributed by atoms with van der Waals surface area (Å²) in [6, 6.07) is 10.6. The van der Waals surface area contributed by atoms with E-state index >= 15 is 0 Å². The lowest BCUT2D eigenvalue weighted by Gasteiger charge is -2.24. The highest BCUT2D eigenvalue weighted by molar-refractivity contribution is 5.89. The molecule has 2 aromatic heterocycles. The molecule has 0 bridgehead atoms. The van der Waals surface area contributed by atoms with Crippen LogP contribution < -0.4 is 15.4 Å². The Morgan fingerprint density at radius 3 is 2.75 bits per heavy atom. The largest absolute Gasteiger partial charge is 0.489 e. The van der Waals surface area contributed by atoms with E-state index in [1.165, 1.54) is 13.8 Å². The summed E-state index contributed by atoms with van der Waals surface area (Å²) in [4.78, 5) is 30.2. The van der Waals surface area contributed by atoms with Crippen LogP contribution in [0.5, 0.6) is 5.75 Å². The van der Waals surface area contributed by atoms with Crippen LogP contribution in [-0.4, -0.2) is 56.1 Å². The van der Waals surface area contributed by atoms with E-state index in [1.54, 1.807) is 35.4 Å². The van der Waals surface area contributed by atoms with Crippen molar-refractivity contribution in [1.29, 1.82) is 0 Å². The van der Waals surface area contributed by atoms with Crippen molar-refractivity contribution in [2.75, 3.05) is 18.4 Å². The predicted molar refractivity (Wildman–Crippen MR) is 119 cm³/mol. The first-order chi connectivity index (χ1) is 15.3. The molecule has 0 unspecified atom stereocenters. The minimum absolute atomic E-state index is 0.129. The smallest absolute Gasteiger partial charge is 0.319 e. The van der Waals surface area contributed by atoms with Gasteiger partial charge in [-0.1, -0.05) is 0 Å². The van der Waals surface area contributed by atoms with Crippen molar-refractivity contribution < 1.29 is 19.4 Å². The fourth-order valence-corrected chi connectivity index (χ4v) is 3.63. The van der Waals surface area contributed by atoms with Crippen molar-refractivity contribution in [3.05, 3.63) is 60.6 Å². The zero-order valence-electron chi connectivity index (χ0n) is 18.1. The van der Waals surface area contributed by atoms with Crippen LogP contribution in [-0.2, 0) is 11.3 Å². The predicted octanol–water partition coefficient (Wildman–Crippen LogP) is 2.41. The zero-order chi connectivity index (χ0) is 22.7. The summed E-state index contributed by atoms with van der Waals surface area (Å²) < 4.78 is 7.85. The lowest BCUT2D eigenvalue weighted by atomic mass is 10.1. The number of carbonyl (C=O) groups excluding carboxylic acids is 2. The van der Waals surface area contributed by atoms with Gasteiger partial charge in [0.1, 0.15) is 23.1 Å². The Kier molecular flexibility index (Phi) is 6.00. The Morgan fingerprint density at radius 1 is 1.22 bits per heavy atom. The van der Waals surface area contributed by atoms with Gasteiger partial charge in [-0.2, -0.15) is 0 Å². The number of aliphatic hydroxyl groups is 1. The van der Waals surface area contributed by atoms with Crippen molar-refractivity contribution in [2.24, 2.45) is 0 Å². The number of rotatable bonds is 6. The number of ether oxygens (including phenoxy) is 1. The number of anilines is 1. The third-order valence-corrected chi connectivity index (χ3v) is 5.29. The molecule has 1 atom stereocenters. The summed E-state index contributed by atoms with van der Waals surface area (Å²) in [7, 11) is 0. The van der Waals surface area contributed by atoms with Gasteiger partial charge in [0.15, 0.2) is 0 Å². The fraction of sp³-hybridized carbons (Fsp3) is 0.348. The molecule has 32 heavy (non-hydrogen) atoms. The van der Waals surface area contributed by atoms with Gasteiger partial charge in [0.05, 0.1) is 6.54 Å². The number of fused-ring (bicyclic) bond motifs is 1. The van der Waals surface area contributed by atoms with Crippen LogP contribution in [0.15, 0.2) is 55.0 Å². The standard InChI is InChI=1S/C23H27N5O4/c1-23(2,31)21(29)28-11-8-19(15-28)32-18-5-3-17(4-6-18)26-22(30)25-14-16-7-10-27-12-9-24-20(27)13-16/h3-7,9-10,12-13,19,31H,8,11,14-15H2,1-2H3,(H2,25,26,30)/t19-/m1/s1. The molecule has 9 heteroatoms. The molecule has 3 aromatic rings. The zero-order valence-corrected chi connectivity index (χ0v) is 18.1. The normalized spacial score (nSPS) is 16.2. The van der Waals surface area contributed by atoms with Gasteiger partial charge in [0.25, 0.3) is 5.91 Å². The van der Waals surface area contributed by atoms with Gasteiger partial charge in [-0.3, -0.25) is 4.79 Å². The quantitative estimate of drug-likeness (QED) is 0.549. The van der Waals surface area contributed by atoms with Gasteiger partial charge in [-0.15, -0.1) is 0 Å². The summed E-state index contributed by atoms with van der Waals surface area (Å²) in [5.74, 6) is 0.366. The Morgan fingerprint density at radius 2 is 2.00 bits per heavy atom. The van der Waals surface area contributed by atoms with Crippen molar-refractivity contribution in [2.45, 2.75) is 38.5 Å². The first-order valence-corrected chi connectivity index (χ1v) is 10.5. The topological polar surface area (TPSA) is 108 Å². The van der Waals surface area contributed by atoms with Gasteiger partial charge in [-0.05, 0) is 55.8 Å². The van der Waals surface area contributed by atoms with E-state index in [9.17, 15) is 14.7 Å². The maximum atomic E-state index is 12.2. The molecule has 4 rings (SSSR count). The molecule has 1 aromatic carbocycles. The minimum Gasteiger partial charge on any atom is -0.489 e. The summed E-state index contributed by atoms with van der Waals surface area (Å²) >= 11 is 0. The van der Waals surface area contributed by atoms with Crippen molar-refractivity contribution >= 4 is 23.3 Å². The Hall–Kier alpha value is -3.59. The number of hydrogen-bond donors (Lipinski definition) is 3. The number of aromatic nitrogens is 2. The number of carbonyl (C=O) groups is 2. The van der Waals surface area contributed by atoms with Crippen molar-refractivity contribution in [1.82, 2.24) is 19.6 Å². The average Bonchev–Trinajstić information content (AvgIpc) is 3.41. The summed E-state index contributed by atoms with van der Waals surface area (Å²) in [5, 5.41) is 15.5. The van der Waals surface area contributed by atoms with Crippen LogP contribution in [0, 0.1) is 0 Å². The highest BCUT2D eigenvalue weighted by Crippen LogP contribution is 2.22. The molecule has 1 aliphatic heterocycles. The molecule has 1 fully saturated rings. The number of nitrogens with one attached hydrogen (secondary N) is 2. The van der Waals surface area contributed by atoms with Crippen LogP contribution in [0.25, 0.3) is 5.65 Å². The third-order valence-electron chi connectivity index (χ3n) is 5.29. The second kappa shape index (κ2) is 8.88. The first-order valence-electron chi connectivity index (χ1n) is 10.5. The minimum atomic E-state index is -1.38. The molecule has 9 nitrogen and oxygen atoms in total. The van der Waals surface area contributed by atoms with E-state index in [4.69, 9.17) is 4.74 Å². The molecular formula is C23H27N5O4. The monoisotopic (exact) mass is 437 g/mol. The first kappa shape index (κ1) is 21.6. The van der Waals surface area contributed by atoms with E-state index in [0.29, 0.717) is 37.5 Å². The second-order valence-electron chi connectivity index (χ2n) is 8.40. The van der Waals surface area contributed by atoms with E-state index in [1.807, 2.05) is 28.9 Å². The Bertz CT molecular complexity index is 1100. The van der Waals surface area contributed by atoms with Gasteiger partial charge >= 0.3 is 6.03 Å². The third kappa shape index (κ3) is 5.17. The van der Waals surface area contributed by atoms with Crippen LogP contribution in [0.3, 0.4) is 0 Å². The summed E-state index contributed by atoms with van der Waals surface area (Å²) in [6.45, 7) is 4.36. The average molecular weight is 438 g/mol. The van der Waals surface area contributed by atoms with Crippen LogP contribution in [0.4, 0.5) is 10.5 Å². The van der Waals surface area contributed by atoms with Crippen LogP contribution in [0.2, 0.25) is 0 Å². The number of imidazole rings is 1. The Balaban J connectivity index is 1.24. The van der Waals surface area contributed by atoms with Crippen LogP contribution >= 0.6 is 0 Å². The molecule has 0 radical (unpaired) electrons. The highest BCUT2D eigenvalue weighted by atomic mass is 16.5. The maximum Gasteiger partial charge on any atom is 0.319 e. The molecule has 0 spiro atoms. The summed E-state index contributed by atoms with van der Waals surface area (Å²) in [6.07, 6.45) is 6.07. The lowest BCUT2D eigenvalue weighted by molar-refractivity contribution is -0.146. The molecule has 3 amide bonds. The molecule has 1 saturated heterocycles. The van der Waals surface area contributed by atoms with E-state index in [0.717, 1.165) is 11.2 Å². The van der Waals surface area contributed by atoms with E-state index < -0.39 is 5.60 Å².